The zero-order valence-corrected chi connectivity index (χ0v) is 10.6. The van der Waals surface area contributed by atoms with Crippen LogP contribution >= 0.6 is 0 Å². The minimum Gasteiger partial charge on any atom is -0.508 e. The molecule has 0 spiro atoms. The van der Waals surface area contributed by atoms with Gasteiger partial charge in [-0.3, -0.25) is 4.79 Å². The number of carbonyl (C=O) groups excluding carboxylic acids is 1. The molecule has 1 aromatic carbocycles. The van der Waals surface area contributed by atoms with Gasteiger partial charge in [-0.25, -0.2) is 0 Å². The number of halogens is 3. The first-order valence-electron chi connectivity index (χ1n) is 6.25. The molecule has 2 rings (SSSR count). The third-order valence-electron chi connectivity index (χ3n) is 3.26. The Morgan fingerprint density at radius 3 is 2.65 bits per heavy atom. The van der Waals surface area contributed by atoms with Crippen molar-refractivity contribution in [3.05, 3.63) is 41.6 Å². The van der Waals surface area contributed by atoms with Gasteiger partial charge in [0.25, 0.3) is 0 Å². The standard InChI is InChI=1S/C14H14F3NO2/c15-14(16,17)13(20)18-11-7-3-1-5-9(11)10-6-2-4-8-12(10)19/h2,4,6-9,19H,1,3,5H2,(H,18,20). The minimum absolute atomic E-state index is 0.0200. The Bertz CT molecular complexity index is 537. The molecule has 0 saturated carbocycles. The number of phenols is 1. The first kappa shape index (κ1) is 14.4. The molecule has 3 nitrogen and oxygen atoms in total. The van der Waals surface area contributed by atoms with Crippen molar-refractivity contribution in [3.63, 3.8) is 0 Å². The summed E-state index contributed by atoms with van der Waals surface area (Å²) < 4.78 is 37.0. The fourth-order valence-electron chi connectivity index (χ4n) is 2.32. The molecule has 1 unspecified atom stereocenters. The molecule has 0 saturated heterocycles. The first-order valence-corrected chi connectivity index (χ1v) is 6.25. The quantitative estimate of drug-likeness (QED) is 0.876. The second-order valence-corrected chi connectivity index (χ2v) is 4.65. The Hall–Kier alpha value is -1.98. The second-order valence-electron chi connectivity index (χ2n) is 4.65. The van der Waals surface area contributed by atoms with Crippen molar-refractivity contribution < 1.29 is 23.1 Å². The van der Waals surface area contributed by atoms with Crippen molar-refractivity contribution in [3.8, 4) is 5.75 Å². The van der Waals surface area contributed by atoms with Crippen molar-refractivity contribution >= 4 is 5.91 Å². The van der Waals surface area contributed by atoms with Gasteiger partial charge in [-0.05, 0) is 25.3 Å². The van der Waals surface area contributed by atoms with Crippen LogP contribution in [-0.2, 0) is 4.79 Å². The summed E-state index contributed by atoms with van der Waals surface area (Å²) in [5.41, 5.74) is 0.737. The number of nitrogens with one attached hydrogen (secondary N) is 1. The van der Waals surface area contributed by atoms with Crippen LogP contribution in [0.5, 0.6) is 5.75 Å². The number of allylic oxidation sites excluding steroid dienone is 2. The van der Waals surface area contributed by atoms with E-state index in [4.69, 9.17) is 0 Å². The molecule has 0 aromatic heterocycles. The van der Waals surface area contributed by atoms with Crippen LogP contribution in [0, 0.1) is 0 Å². The minimum atomic E-state index is -4.92. The molecule has 6 heteroatoms. The van der Waals surface area contributed by atoms with Crippen LogP contribution < -0.4 is 5.32 Å². The normalized spacial score (nSPS) is 19.4. The SMILES string of the molecule is O=C(NC1=CCCCC1c1ccccc1O)C(F)(F)F. The van der Waals surface area contributed by atoms with Crippen LogP contribution in [0.4, 0.5) is 13.2 Å². The third kappa shape index (κ3) is 3.12. The molecule has 0 fully saturated rings. The summed E-state index contributed by atoms with van der Waals surface area (Å²) in [5, 5.41) is 11.7. The fraction of sp³-hybridized carbons (Fsp3) is 0.357. The van der Waals surface area contributed by atoms with Crippen LogP contribution in [0.2, 0.25) is 0 Å². The van der Waals surface area contributed by atoms with Gasteiger partial charge in [0.2, 0.25) is 0 Å². The number of hydrogen-bond acceptors (Lipinski definition) is 2. The van der Waals surface area contributed by atoms with Crippen LogP contribution in [0.1, 0.15) is 30.7 Å². The van der Waals surface area contributed by atoms with E-state index in [-0.39, 0.29) is 11.4 Å². The zero-order chi connectivity index (χ0) is 14.8. The van der Waals surface area contributed by atoms with Crippen molar-refractivity contribution in [2.75, 3.05) is 0 Å². The number of aromatic hydroxyl groups is 1. The highest BCUT2D eigenvalue weighted by Crippen LogP contribution is 2.37. The summed E-state index contributed by atoms with van der Waals surface area (Å²) in [6.07, 6.45) is -1.34. The number of phenolic OH excluding ortho intramolecular Hbond substituents is 1. The lowest BCUT2D eigenvalue weighted by atomic mass is 9.85. The zero-order valence-electron chi connectivity index (χ0n) is 10.6. The lowest BCUT2D eigenvalue weighted by molar-refractivity contribution is -0.172. The van der Waals surface area contributed by atoms with Gasteiger partial charge in [0.15, 0.2) is 0 Å². The van der Waals surface area contributed by atoms with Gasteiger partial charge in [0, 0.05) is 17.2 Å². The topological polar surface area (TPSA) is 49.3 Å². The summed E-state index contributed by atoms with van der Waals surface area (Å²) >= 11 is 0. The highest BCUT2D eigenvalue weighted by molar-refractivity contribution is 5.83. The molecule has 1 atom stereocenters. The van der Waals surface area contributed by atoms with Gasteiger partial charge < -0.3 is 10.4 Å². The lowest BCUT2D eigenvalue weighted by Gasteiger charge is -2.26. The summed E-state index contributed by atoms with van der Waals surface area (Å²) in [4.78, 5) is 11.1. The van der Waals surface area contributed by atoms with E-state index < -0.39 is 18.0 Å². The van der Waals surface area contributed by atoms with E-state index in [9.17, 15) is 23.1 Å². The average Bonchev–Trinajstić information content (AvgIpc) is 2.39. The highest BCUT2D eigenvalue weighted by Gasteiger charge is 2.40. The summed E-state index contributed by atoms with van der Waals surface area (Å²) in [7, 11) is 0. The van der Waals surface area contributed by atoms with Crippen molar-refractivity contribution in [1.82, 2.24) is 5.32 Å². The predicted octanol–water partition coefficient (Wildman–Crippen LogP) is 3.22. The van der Waals surface area contributed by atoms with E-state index >= 15 is 0 Å². The maximum atomic E-state index is 12.3. The largest absolute Gasteiger partial charge is 0.508 e. The van der Waals surface area contributed by atoms with E-state index in [1.807, 2.05) is 5.32 Å². The summed E-state index contributed by atoms with van der Waals surface area (Å²) in [5.74, 6) is -2.38. The average molecular weight is 285 g/mol. The Labute approximate surface area is 114 Å². The molecule has 0 bridgehead atoms. The molecule has 1 amide bonds. The number of rotatable bonds is 2. The summed E-state index contributed by atoms with van der Waals surface area (Å²) in [6, 6.07) is 6.47. The Kier molecular flexibility index (Phi) is 4.01. The van der Waals surface area contributed by atoms with Crippen LogP contribution in [0.3, 0.4) is 0 Å². The smallest absolute Gasteiger partial charge is 0.471 e. The van der Waals surface area contributed by atoms with E-state index in [1.54, 1.807) is 24.3 Å². The molecule has 20 heavy (non-hydrogen) atoms. The fourth-order valence-corrected chi connectivity index (χ4v) is 2.32. The van der Waals surface area contributed by atoms with Crippen molar-refractivity contribution in [1.29, 1.82) is 0 Å². The number of para-hydroxylation sites is 1. The lowest BCUT2D eigenvalue weighted by Crippen LogP contribution is -2.38. The van der Waals surface area contributed by atoms with Crippen molar-refractivity contribution in [2.45, 2.75) is 31.4 Å². The highest BCUT2D eigenvalue weighted by atomic mass is 19.4. The number of benzene rings is 1. The molecule has 1 aliphatic rings. The van der Waals surface area contributed by atoms with E-state index in [0.717, 1.165) is 6.42 Å². The van der Waals surface area contributed by atoms with Crippen LogP contribution in [0.25, 0.3) is 0 Å². The van der Waals surface area contributed by atoms with Crippen LogP contribution in [0.15, 0.2) is 36.0 Å². The van der Waals surface area contributed by atoms with Gasteiger partial charge in [-0.15, -0.1) is 0 Å². The van der Waals surface area contributed by atoms with Gasteiger partial charge in [-0.1, -0.05) is 24.3 Å². The number of amides is 1. The number of alkyl halides is 3. The second kappa shape index (κ2) is 5.56. The first-order chi connectivity index (χ1) is 9.39. The molecular weight excluding hydrogens is 271 g/mol. The Morgan fingerprint density at radius 2 is 2.00 bits per heavy atom. The maximum Gasteiger partial charge on any atom is 0.471 e. The monoisotopic (exact) mass is 285 g/mol. The predicted molar refractivity (Wildman–Crippen MR) is 67.0 cm³/mol. The van der Waals surface area contributed by atoms with E-state index in [2.05, 4.69) is 0 Å². The Balaban J connectivity index is 2.25. The molecular formula is C14H14F3NO2. The van der Waals surface area contributed by atoms with Gasteiger partial charge in [-0.2, -0.15) is 13.2 Å². The molecule has 0 radical (unpaired) electrons. The molecule has 0 heterocycles. The summed E-state index contributed by atoms with van der Waals surface area (Å²) in [6.45, 7) is 0. The molecule has 0 aliphatic heterocycles. The van der Waals surface area contributed by atoms with E-state index in [0.29, 0.717) is 18.4 Å². The van der Waals surface area contributed by atoms with Crippen LogP contribution in [-0.4, -0.2) is 17.2 Å². The van der Waals surface area contributed by atoms with Gasteiger partial charge in [0.05, 0.1) is 0 Å². The Morgan fingerprint density at radius 1 is 1.30 bits per heavy atom. The molecule has 1 aromatic rings. The van der Waals surface area contributed by atoms with Crippen molar-refractivity contribution in [2.24, 2.45) is 0 Å². The maximum absolute atomic E-state index is 12.3. The number of hydrogen-bond donors (Lipinski definition) is 2. The molecule has 108 valence electrons. The molecule has 2 N–H and O–H groups in total. The molecule has 1 aliphatic carbocycles. The van der Waals surface area contributed by atoms with E-state index in [1.165, 1.54) is 6.07 Å². The van der Waals surface area contributed by atoms with Gasteiger partial charge in [0.1, 0.15) is 5.75 Å². The van der Waals surface area contributed by atoms with Gasteiger partial charge >= 0.3 is 12.1 Å². The third-order valence-corrected chi connectivity index (χ3v) is 3.26. The number of carbonyl (C=O) groups is 1.